The van der Waals surface area contributed by atoms with Crippen molar-refractivity contribution < 1.29 is 59.4 Å². The first-order valence-electron chi connectivity index (χ1n) is 26.1. The number of nitrogens with zero attached hydrogens (tertiary/aromatic N) is 8. The summed E-state index contributed by atoms with van der Waals surface area (Å²) in [6.07, 6.45) is -3.66. The number of hydrogen-bond acceptors (Lipinski definition) is 18. The van der Waals surface area contributed by atoms with E-state index in [0.717, 1.165) is 22.6 Å². The molecule has 5 heterocycles. The SMILES string of the molecule is CC[C@H]1OC(O)[C@H](C)[C@@H](C2C[C@@](C)(OC)[C@@H](O)[C@H](C)O2)[C@H](C)[C@@H](O[C@@H]2O[C@H](C)C[C@H](N(C)CCc3cn(-c4ccc(Cn5cc(CCO)nn5)cc4)nn3)[C@H]2O)[C@](C)(O)C[C@@H](C)CN(C)[C@H](C)[C@@H](O)[C@]1(C)O. The Balaban J connectivity index is 1.25. The molecule has 2 unspecified atom stereocenters. The second-order valence-electron chi connectivity index (χ2n) is 22.4. The minimum atomic E-state index is -1.76. The monoisotopic (exact) mass is 1020 g/mol. The van der Waals surface area contributed by atoms with Gasteiger partial charge in [-0.25, -0.2) is 9.36 Å². The summed E-state index contributed by atoms with van der Waals surface area (Å²) in [6, 6.07) is 7.01. The van der Waals surface area contributed by atoms with Crippen molar-refractivity contribution in [1.29, 1.82) is 0 Å². The standard InChI is InChI=1S/C52H88N8O12/c1-14-42-52(10,67)45(63)34(6)58(12)26-30(2)24-50(8,66)47(32(4)43(33(5)48(65)71-42)41-25-51(9,68-13)46(64)35(7)70-41)72-49-44(62)40(23-31(3)69-49)57(11)21-19-37-29-60(56-54-37)39-17-15-36(16-18-39)27-59-28-38(20-22-61)53-55-59/h15-18,28-35,40-49,61-67H,14,19-27H2,1-13H3/t30-,31-,32+,33-,34-,35+,40+,41?,42-,43+,44-,45-,46+,47-,48?,49+,50-,51-,52-/m1/s1. The molecule has 3 aromatic rings. The third-order valence-corrected chi connectivity index (χ3v) is 16.4. The normalized spacial score (nSPS) is 40.2. The number of likely N-dealkylation sites (N-methyl/N-ethyl adjacent to an activating group) is 2. The molecular formula is C52H88N8O12. The molecule has 1 aromatic carbocycles. The van der Waals surface area contributed by atoms with E-state index >= 15 is 0 Å². The van der Waals surface area contributed by atoms with Gasteiger partial charge < -0.3 is 69.2 Å². The number of aliphatic hydroxyl groups is 7. The van der Waals surface area contributed by atoms with E-state index in [1.165, 1.54) is 6.92 Å². The Morgan fingerprint density at radius 3 is 2.17 bits per heavy atom. The number of methoxy groups -OCH3 is 1. The summed E-state index contributed by atoms with van der Waals surface area (Å²) in [4.78, 5) is 4.04. The molecule has 3 fully saturated rings. The van der Waals surface area contributed by atoms with Crippen molar-refractivity contribution in [1.82, 2.24) is 39.8 Å². The first kappa shape index (κ1) is 58.2. The molecule has 0 radical (unpaired) electrons. The molecule has 19 atom stereocenters. The van der Waals surface area contributed by atoms with Crippen LogP contribution in [-0.2, 0) is 43.1 Å². The molecule has 7 N–H and O–H groups in total. The van der Waals surface area contributed by atoms with Gasteiger partial charge in [-0.05, 0) is 110 Å². The van der Waals surface area contributed by atoms with Gasteiger partial charge >= 0.3 is 0 Å². The van der Waals surface area contributed by atoms with Crippen LogP contribution in [0.25, 0.3) is 5.69 Å². The summed E-state index contributed by atoms with van der Waals surface area (Å²) in [6.45, 7) is 19.8. The lowest BCUT2D eigenvalue weighted by molar-refractivity contribution is -0.307. The second kappa shape index (κ2) is 24.3. The number of benzene rings is 1. The molecule has 72 heavy (non-hydrogen) atoms. The smallest absolute Gasteiger partial charge is 0.185 e. The van der Waals surface area contributed by atoms with Crippen molar-refractivity contribution in [3.8, 4) is 5.69 Å². The minimum Gasteiger partial charge on any atom is -0.396 e. The van der Waals surface area contributed by atoms with Crippen LogP contribution in [0.15, 0.2) is 36.7 Å². The van der Waals surface area contributed by atoms with Gasteiger partial charge in [-0.3, -0.25) is 0 Å². The highest BCUT2D eigenvalue weighted by molar-refractivity contribution is 5.34. The van der Waals surface area contributed by atoms with Crippen molar-refractivity contribution in [3.05, 3.63) is 53.6 Å². The topological polar surface area (TPSA) is 256 Å². The van der Waals surface area contributed by atoms with Crippen LogP contribution in [0.5, 0.6) is 0 Å². The van der Waals surface area contributed by atoms with Crippen LogP contribution in [0.1, 0.15) is 112 Å². The molecular weight excluding hydrogens is 929 g/mol. The van der Waals surface area contributed by atoms with Crippen molar-refractivity contribution >= 4 is 0 Å². The minimum absolute atomic E-state index is 0.0204. The lowest BCUT2D eigenvalue weighted by atomic mass is 9.68. The molecule has 3 saturated heterocycles. The first-order chi connectivity index (χ1) is 33.8. The van der Waals surface area contributed by atoms with Gasteiger partial charge in [-0.1, -0.05) is 50.3 Å². The van der Waals surface area contributed by atoms with Crippen LogP contribution < -0.4 is 0 Å². The van der Waals surface area contributed by atoms with Gasteiger partial charge in [0, 0.05) is 70.3 Å². The summed E-state index contributed by atoms with van der Waals surface area (Å²) in [5.41, 5.74) is -0.959. The molecule has 3 aliphatic heterocycles. The van der Waals surface area contributed by atoms with E-state index in [4.69, 9.17) is 23.7 Å². The summed E-state index contributed by atoms with van der Waals surface area (Å²) < 4.78 is 36.0. The fraction of sp³-hybridized carbons (Fsp3) is 0.808. The Morgan fingerprint density at radius 1 is 0.847 bits per heavy atom. The fourth-order valence-corrected chi connectivity index (χ4v) is 11.9. The summed E-state index contributed by atoms with van der Waals surface area (Å²) in [5.74, 6) is -2.14. The Labute approximate surface area is 426 Å². The van der Waals surface area contributed by atoms with Crippen LogP contribution in [0.2, 0.25) is 0 Å². The third kappa shape index (κ3) is 13.3. The molecule has 2 aromatic heterocycles. The Morgan fingerprint density at radius 2 is 1.51 bits per heavy atom. The van der Waals surface area contributed by atoms with E-state index in [-0.39, 0.29) is 37.9 Å². The predicted octanol–water partition coefficient (Wildman–Crippen LogP) is 2.33. The maximum Gasteiger partial charge on any atom is 0.185 e. The fourth-order valence-electron chi connectivity index (χ4n) is 11.9. The molecule has 0 aliphatic carbocycles. The van der Waals surface area contributed by atoms with Gasteiger partial charge in [0.2, 0.25) is 0 Å². The number of ether oxygens (including phenoxy) is 5. The van der Waals surface area contributed by atoms with Crippen molar-refractivity contribution in [2.24, 2.45) is 23.7 Å². The van der Waals surface area contributed by atoms with Gasteiger partial charge in [0.05, 0.1) is 71.5 Å². The van der Waals surface area contributed by atoms with E-state index < -0.39 is 102 Å². The number of hydrogen-bond donors (Lipinski definition) is 7. The third-order valence-electron chi connectivity index (χ3n) is 16.4. The zero-order chi connectivity index (χ0) is 53.0. The highest BCUT2D eigenvalue weighted by Gasteiger charge is 2.55. The van der Waals surface area contributed by atoms with Crippen LogP contribution in [-0.4, -0.2) is 207 Å². The Bertz CT molecular complexity index is 2130. The van der Waals surface area contributed by atoms with Gasteiger partial charge in [0.1, 0.15) is 23.9 Å². The van der Waals surface area contributed by atoms with E-state index in [9.17, 15) is 35.7 Å². The Kier molecular flexibility index (Phi) is 19.6. The Hall–Kier alpha value is -3.06. The zero-order valence-electron chi connectivity index (χ0n) is 45.0. The van der Waals surface area contributed by atoms with Crippen molar-refractivity contribution in [3.63, 3.8) is 0 Å². The van der Waals surface area contributed by atoms with Gasteiger partial charge in [-0.2, -0.15) is 0 Å². The summed E-state index contributed by atoms with van der Waals surface area (Å²) in [7, 11) is 5.37. The number of aromatic nitrogens is 6. The molecule has 0 amide bonds. The van der Waals surface area contributed by atoms with Crippen LogP contribution in [0, 0.1) is 23.7 Å². The van der Waals surface area contributed by atoms with Gasteiger partial charge in [0.25, 0.3) is 0 Å². The summed E-state index contributed by atoms with van der Waals surface area (Å²) in [5, 5.41) is 98.7. The maximum atomic E-state index is 13.0. The van der Waals surface area contributed by atoms with E-state index in [1.54, 1.807) is 30.3 Å². The predicted molar refractivity (Wildman–Crippen MR) is 268 cm³/mol. The molecule has 3 aliphatic rings. The van der Waals surface area contributed by atoms with E-state index in [2.05, 4.69) is 25.5 Å². The van der Waals surface area contributed by atoms with Crippen LogP contribution in [0.3, 0.4) is 0 Å². The average molecular weight is 1020 g/mol. The lowest BCUT2D eigenvalue weighted by Gasteiger charge is -2.52. The van der Waals surface area contributed by atoms with Crippen molar-refractivity contribution in [2.45, 2.75) is 205 Å². The van der Waals surface area contributed by atoms with Gasteiger partial charge in [-0.15, -0.1) is 10.2 Å². The van der Waals surface area contributed by atoms with Crippen molar-refractivity contribution in [2.75, 3.05) is 40.9 Å². The zero-order valence-corrected chi connectivity index (χ0v) is 45.0. The highest BCUT2D eigenvalue weighted by Crippen LogP contribution is 2.45. The molecule has 408 valence electrons. The van der Waals surface area contributed by atoms with E-state index in [1.807, 2.05) is 104 Å². The highest BCUT2D eigenvalue weighted by atomic mass is 16.7. The number of rotatable bonds is 14. The molecule has 20 heteroatoms. The summed E-state index contributed by atoms with van der Waals surface area (Å²) >= 11 is 0. The first-order valence-corrected chi connectivity index (χ1v) is 26.1. The lowest BCUT2D eigenvalue weighted by Crippen LogP contribution is -2.62. The average Bonchev–Trinajstić information content (AvgIpc) is 4.00. The molecule has 0 spiro atoms. The molecule has 6 rings (SSSR count). The molecule has 20 nitrogen and oxygen atoms in total. The maximum absolute atomic E-state index is 13.0. The van der Waals surface area contributed by atoms with Crippen LogP contribution >= 0.6 is 0 Å². The van der Waals surface area contributed by atoms with Crippen LogP contribution in [0.4, 0.5) is 0 Å². The molecule has 0 saturated carbocycles. The quantitative estimate of drug-likeness (QED) is 0.122. The van der Waals surface area contributed by atoms with E-state index in [0.29, 0.717) is 38.9 Å². The molecule has 0 bridgehead atoms. The number of aliphatic hydroxyl groups excluding tert-OH is 5. The largest absolute Gasteiger partial charge is 0.396 e. The second-order valence-corrected chi connectivity index (χ2v) is 22.4. The van der Waals surface area contributed by atoms with Gasteiger partial charge in [0.15, 0.2) is 12.6 Å².